The normalized spacial score (nSPS) is 21.9. The molecule has 1 N–H and O–H groups in total. The van der Waals surface area contributed by atoms with Gasteiger partial charge in [0.15, 0.2) is 0 Å². The number of carbonyl (C=O) groups excluding carboxylic acids is 1. The molecule has 1 heterocycles. The van der Waals surface area contributed by atoms with E-state index in [2.05, 4.69) is 0 Å². The van der Waals surface area contributed by atoms with Crippen LogP contribution >= 0.6 is 0 Å². The summed E-state index contributed by atoms with van der Waals surface area (Å²) in [4.78, 5) is 16.0. The maximum absolute atomic E-state index is 12.3. The minimum Gasteiger partial charge on any atom is -0.493 e. The van der Waals surface area contributed by atoms with Gasteiger partial charge < -0.3 is 19.6 Å². The molecule has 0 bridgehead atoms. The molecule has 2 rings (SSSR count). The van der Waals surface area contributed by atoms with Crippen LogP contribution in [0.15, 0.2) is 30.3 Å². The lowest BCUT2D eigenvalue weighted by molar-refractivity contribution is -0.139. The molecule has 1 fully saturated rings. The molecule has 122 valence electrons. The van der Waals surface area contributed by atoms with Crippen molar-refractivity contribution in [3.8, 4) is 5.75 Å². The monoisotopic (exact) mass is 306 g/mol. The van der Waals surface area contributed by atoms with Crippen molar-refractivity contribution in [2.75, 3.05) is 40.3 Å². The number of likely N-dealkylation sites (N-methyl/N-ethyl adjacent to an activating group) is 1. The van der Waals surface area contributed by atoms with Gasteiger partial charge in [-0.25, -0.2) is 0 Å². The number of carbonyl (C=O) groups is 1. The van der Waals surface area contributed by atoms with E-state index >= 15 is 0 Å². The smallest absolute Gasteiger partial charge is 0.226 e. The number of rotatable bonds is 6. The Morgan fingerprint density at radius 3 is 2.77 bits per heavy atom. The van der Waals surface area contributed by atoms with E-state index < -0.39 is 5.60 Å². The van der Waals surface area contributed by atoms with Crippen LogP contribution in [0.2, 0.25) is 0 Å². The first kappa shape index (κ1) is 16.8. The van der Waals surface area contributed by atoms with E-state index in [4.69, 9.17) is 4.74 Å². The molecule has 0 radical (unpaired) electrons. The van der Waals surface area contributed by atoms with E-state index in [0.717, 1.165) is 25.1 Å². The van der Waals surface area contributed by atoms with Crippen molar-refractivity contribution in [1.29, 1.82) is 0 Å². The average Bonchev–Trinajstić information content (AvgIpc) is 2.47. The molecular formula is C17H26N2O3. The molecule has 0 spiro atoms. The Labute approximate surface area is 132 Å². The lowest BCUT2D eigenvalue weighted by atomic mass is 9.92. The molecule has 22 heavy (non-hydrogen) atoms. The first-order chi connectivity index (χ1) is 10.5. The molecular weight excluding hydrogens is 280 g/mol. The number of ether oxygens (including phenoxy) is 1. The molecule has 5 nitrogen and oxygen atoms in total. The van der Waals surface area contributed by atoms with E-state index in [9.17, 15) is 9.90 Å². The van der Waals surface area contributed by atoms with Crippen molar-refractivity contribution in [2.45, 2.75) is 24.9 Å². The minimum absolute atomic E-state index is 0.0489. The van der Waals surface area contributed by atoms with Crippen LogP contribution in [-0.2, 0) is 4.79 Å². The summed E-state index contributed by atoms with van der Waals surface area (Å²) in [6.45, 7) is 2.08. The summed E-state index contributed by atoms with van der Waals surface area (Å²) >= 11 is 0. The van der Waals surface area contributed by atoms with Gasteiger partial charge in [0.1, 0.15) is 5.75 Å². The molecule has 0 aliphatic carbocycles. The first-order valence-corrected chi connectivity index (χ1v) is 7.81. The Morgan fingerprint density at radius 1 is 1.36 bits per heavy atom. The van der Waals surface area contributed by atoms with Crippen LogP contribution in [-0.4, -0.2) is 66.8 Å². The van der Waals surface area contributed by atoms with Crippen LogP contribution < -0.4 is 4.74 Å². The Bertz CT molecular complexity index is 478. The summed E-state index contributed by atoms with van der Waals surface area (Å²) in [7, 11) is 3.87. The second-order valence-electron chi connectivity index (χ2n) is 6.29. The molecule has 1 atom stereocenters. The molecule has 1 aliphatic heterocycles. The Hall–Kier alpha value is -1.59. The summed E-state index contributed by atoms with van der Waals surface area (Å²) < 4.78 is 5.57. The minimum atomic E-state index is -0.794. The fraction of sp³-hybridized carbons (Fsp3) is 0.588. The van der Waals surface area contributed by atoms with E-state index in [-0.39, 0.29) is 5.91 Å². The number of β-amino-alcohol motifs (C(OH)–C–C–N with tert-alkyl or cyclic N) is 1. The maximum Gasteiger partial charge on any atom is 0.226 e. The number of hydrogen-bond acceptors (Lipinski definition) is 4. The predicted molar refractivity (Wildman–Crippen MR) is 85.9 cm³/mol. The first-order valence-electron chi connectivity index (χ1n) is 7.81. The maximum atomic E-state index is 12.3. The number of amides is 1. The third-order valence-corrected chi connectivity index (χ3v) is 3.85. The number of benzene rings is 1. The number of likely N-dealkylation sites (tertiary alicyclic amines) is 1. The van der Waals surface area contributed by atoms with Gasteiger partial charge in [-0.2, -0.15) is 0 Å². The van der Waals surface area contributed by atoms with Gasteiger partial charge in [0.25, 0.3) is 0 Å². The topological polar surface area (TPSA) is 53.0 Å². The third kappa shape index (κ3) is 5.00. The summed E-state index contributed by atoms with van der Waals surface area (Å²) in [6.07, 6.45) is 1.93. The van der Waals surface area contributed by atoms with Crippen molar-refractivity contribution >= 4 is 5.91 Å². The van der Waals surface area contributed by atoms with Crippen LogP contribution in [0.3, 0.4) is 0 Å². The highest BCUT2D eigenvalue weighted by molar-refractivity contribution is 5.76. The zero-order valence-corrected chi connectivity index (χ0v) is 13.5. The molecule has 1 aromatic carbocycles. The quantitative estimate of drug-likeness (QED) is 0.862. The Kier molecular flexibility index (Phi) is 5.80. The zero-order valence-electron chi connectivity index (χ0n) is 13.5. The molecule has 1 aromatic rings. The van der Waals surface area contributed by atoms with Gasteiger partial charge in [0, 0.05) is 13.1 Å². The van der Waals surface area contributed by atoms with Gasteiger partial charge in [-0.3, -0.25) is 4.79 Å². The Morgan fingerprint density at radius 2 is 2.09 bits per heavy atom. The van der Waals surface area contributed by atoms with Crippen LogP contribution in [0.1, 0.15) is 19.3 Å². The molecule has 1 aliphatic rings. The second-order valence-corrected chi connectivity index (χ2v) is 6.29. The highest BCUT2D eigenvalue weighted by Crippen LogP contribution is 2.22. The largest absolute Gasteiger partial charge is 0.493 e. The van der Waals surface area contributed by atoms with Crippen molar-refractivity contribution in [3.05, 3.63) is 30.3 Å². The number of nitrogens with zero attached hydrogens (tertiary/aromatic N) is 2. The lowest BCUT2D eigenvalue weighted by Crippen LogP contribution is -2.54. The summed E-state index contributed by atoms with van der Waals surface area (Å²) in [5.41, 5.74) is -0.794. The van der Waals surface area contributed by atoms with Crippen molar-refractivity contribution < 1.29 is 14.6 Å². The van der Waals surface area contributed by atoms with Crippen molar-refractivity contribution in [1.82, 2.24) is 9.80 Å². The van der Waals surface area contributed by atoms with Gasteiger partial charge in [-0.05, 0) is 39.1 Å². The van der Waals surface area contributed by atoms with Crippen LogP contribution in [0.4, 0.5) is 0 Å². The molecule has 0 aromatic heterocycles. The van der Waals surface area contributed by atoms with E-state index in [0.29, 0.717) is 26.1 Å². The molecule has 1 saturated heterocycles. The average molecular weight is 306 g/mol. The molecule has 1 unspecified atom stereocenters. The van der Waals surface area contributed by atoms with Crippen LogP contribution in [0, 0.1) is 0 Å². The lowest BCUT2D eigenvalue weighted by Gasteiger charge is -2.40. The SMILES string of the molecule is CN(C)CC1(O)CCCN(C(=O)CCOc2ccccc2)C1. The molecule has 1 amide bonds. The van der Waals surface area contributed by atoms with Crippen LogP contribution in [0.5, 0.6) is 5.75 Å². The summed E-state index contributed by atoms with van der Waals surface area (Å²) in [6, 6.07) is 9.49. The molecule has 0 saturated carbocycles. The van der Waals surface area contributed by atoms with E-state index in [1.165, 1.54) is 0 Å². The Balaban J connectivity index is 1.79. The molecule has 5 heteroatoms. The van der Waals surface area contributed by atoms with Gasteiger partial charge in [0.05, 0.1) is 25.2 Å². The fourth-order valence-corrected chi connectivity index (χ4v) is 2.97. The van der Waals surface area contributed by atoms with Gasteiger partial charge >= 0.3 is 0 Å². The van der Waals surface area contributed by atoms with Crippen molar-refractivity contribution in [2.24, 2.45) is 0 Å². The van der Waals surface area contributed by atoms with E-state index in [1.54, 1.807) is 4.90 Å². The van der Waals surface area contributed by atoms with Gasteiger partial charge in [-0.1, -0.05) is 18.2 Å². The number of piperidine rings is 1. The highest BCUT2D eigenvalue weighted by Gasteiger charge is 2.35. The van der Waals surface area contributed by atoms with Crippen LogP contribution in [0.25, 0.3) is 0 Å². The highest BCUT2D eigenvalue weighted by atomic mass is 16.5. The zero-order chi connectivity index (χ0) is 16.0. The fourth-order valence-electron chi connectivity index (χ4n) is 2.97. The summed E-state index contributed by atoms with van der Waals surface area (Å²) in [5, 5.41) is 10.6. The van der Waals surface area contributed by atoms with Crippen molar-refractivity contribution in [3.63, 3.8) is 0 Å². The third-order valence-electron chi connectivity index (χ3n) is 3.85. The number of hydrogen-bond donors (Lipinski definition) is 1. The van der Waals surface area contributed by atoms with Gasteiger partial charge in [-0.15, -0.1) is 0 Å². The second kappa shape index (κ2) is 7.61. The summed E-state index contributed by atoms with van der Waals surface area (Å²) in [5.74, 6) is 0.825. The number of para-hydroxylation sites is 1. The number of aliphatic hydroxyl groups is 1. The van der Waals surface area contributed by atoms with Gasteiger partial charge in [0.2, 0.25) is 5.91 Å². The standard InChI is InChI=1S/C17H26N2O3/c1-18(2)13-17(21)10-6-11-19(14-17)16(20)9-12-22-15-7-4-3-5-8-15/h3-5,7-8,21H,6,9-14H2,1-2H3. The predicted octanol–water partition coefficient (Wildman–Crippen LogP) is 1.37. The van der Waals surface area contributed by atoms with E-state index in [1.807, 2.05) is 49.3 Å².